The van der Waals surface area contributed by atoms with Crippen molar-refractivity contribution >= 4 is 23.7 Å². The van der Waals surface area contributed by atoms with Crippen LogP contribution in [-0.2, 0) is 0 Å². The molecule has 0 bridgehead atoms. The van der Waals surface area contributed by atoms with E-state index in [2.05, 4.69) is 128 Å². The highest BCUT2D eigenvalue weighted by Crippen LogP contribution is 2.37. The predicted octanol–water partition coefficient (Wildman–Crippen LogP) is 5.75. The molecule has 0 aromatic heterocycles. The van der Waals surface area contributed by atoms with E-state index in [1.165, 1.54) is 33.4 Å². The van der Waals surface area contributed by atoms with Gasteiger partial charge in [0, 0.05) is 5.82 Å². The second-order valence-corrected chi connectivity index (χ2v) is 8.18. The molecule has 0 saturated heterocycles. The molecule has 0 N–H and O–H groups in total. The predicted molar refractivity (Wildman–Crippen MR) is 132 cm³/mol. The number of hydrogen-bond acceptors (Lipinski definition) is 2. The summed E-state index contributed by atoms with van der Waals surface area (Å²) >= 11 is 0. The Morgan fingerprint density at radius 1 is 0.645 bits per heavy atom. The Morgan fingerprint density at radius 3 is 1.81 bits per heavy atom. The van der Waals surface area contributed by atoms with E-state index < -0.39 is 0 Å². The normalized spacial score (nSPS) is 15.8. The molecule has 0 unspecified atom stereocenters. The van der Waals surface area contributed by atoms with Gasteiger partial charge in [0.25, 0.3) is 0 Å². The third-order valence-electron chi connectivity index (χ3n) is 6.13. The molecule has 0 aliphatic carbocycles. The van der Waals surface area contributed by atoms with Crippen LogP contribution in [-0.4, -0.2) is 12.6 Å². The maximum absolute atomic E-state index is 5.32. The van der Waals surface area contributed by atoms with Gasteiger partial charge >= 0.3 is 6.85 Å². The van der Waals surface area contributed by atoms with Gasteiger partial charge in [-0.3, -0.25) is 0 Å². The molecule has 4 aromatic rings. The highest BCUT2D eigenvalue weighted by atomic mass is 15.4. The maximum atomic E-state index is 5.32. The minimum atomic E-state index is 0.0820. The van der Waals surface area contributed by atoms with Gasteiger partial charge in [0.2, 0.25) is 0 Å². The largest absolute Gasteiger partial charge is 0.330 e. The van der Waals surface area contributed by atoms with Crippen LogP contribution in [0.4, 0.5) is 5.69 Å². The lowest BCUT2D eigenvalue weighted by molar-refractivity contribution is 1.14. The maximum Gasteiger partial charge on any atom is 0.330 e. The second kappa shape index (κ2) is 8.27. The van der Waals surface area contributed by atoms with Gasteiger partial charge in [-0.2, -0.15) is 5.10 Å². The number of aryl methyl sites for hydroxylation is 2. The van der Waals surface area contributed by atoms with Crippen LogP contribution in [0.1, 0.15) is 28.1 Å². The molecule has 5 rings (SSSR count). The molecule has 0 radical (unpaired) electrons. The van der Waals surface area contributed by atoms with Crippen molar-refractivity contribution in [3.05, 3.63) is 131 Å². The van der Waals surface area contributed by atoms with Gasteiger partial charge < -0.3 is 4.92 Å². The van der Waals surface area contributed by atoms with Crippen molar-refractivity contribution in [2.24, 2.45) is 5.10 Å². The number of hydrogen-bond donors (Lipinski definition) is 0. The molecule has 0 spiro atoms. The topological polar surface area (TPSA) is 15.6 Å². The third-order valence-corrected chi connectivity index (χ3v) is 6.13. The van der Waals surface area contributed by atoms with Crippen molar-refractivity contribution in [2.45, 2.75) is 19.7 Å². The molecule has 1 aliphatic rings. The standard InChI is InChI=1S/C28H25BN2/c1-21-13-12-14-22(2)28(21)31-29(25-19-10-5-11-20-25)26(23-15-6-3-7-16-23)27(30-31)24-17-8-4-9-18-24/h3-20,26H,1-2H3/t26-/m1/s1. The molecule has 0 fully saturated rings. The number of nitrogens with zero attached hydrogens (tertiary/aromatic N) is 2. The van der Waals surface area contributed by atoms with E-state index in [9.17, 15) is 0 Å². The number of hydrazone groups is 1. The summed E-state index contributed by atoms with van der Waals surface area (Å²) in [6.07, 6.45) is 0. The lowest BCUT2D eigenvalue weighted by atomic mass is 9.43. The summed E-state index contributed by atoms with van der Waals surface area (Å²) in [7, 11) is 0. The number of benzene rings is 4. The van der Waals surface area contributed by atoms with E-state index in [1.54, 1.807) is 0 Å². The van der Waals surface area contributed by atoms with Crippen LogP contribution in [0.25, 0.3) is 0 Å². The van der Waals surface area contributed by atoms with Crippen molar-refractivity contribution in [3.63, 3.8) is 0 Å². The first-order valence-electron chi connectivity index (χ1n) is 10.8. The molecule has 1 aliphatic heterocycles. The minimum absolute atomic E-state index is 0.0820. The molecule has 1 atom stereocenters. The van der Waals surface area contributed by atoms with Crippen molar-refractivity contribution in [2.75, 3.05) is 4.92 Å². The fraction of sp³-hybridized carbons (Fsp3) is 0.107. The van der Waals surface area contributed by atoms with Crippen molar-refractivity contribution in [1.29, 1.82) is 0 Å². The molecule has 2 nitrogen and oxygen atoms in total. The fourth-order valence-corrected chi connectivity index (χ4v) is 4.72. The highest BCUT2D eigenvalue weighted by molar-refractivity contribution is 6.82. The van der Waals surface area contributed by atoms with E-state index in [-0.39, 0.29) is 12.7 Å². The molecule has 150 valence electrons. The summed E-state index contributed by atoms with van der Waals surface area (Å²) in [6.45, 7) is 4.44. The molecule has 0 amide bonds. The van der Waals surface area contributed by atoms with Crippen LogP contribution >= 0.6 is 0 Å². The second-order valence-electron chi connectivity index (χ2n) is 8.18. The first-order chi connectivity index (χ1) is 15.2. The van der Waals surface area contributed by atoms with E-state index >= 15 is 0 Å². The molecular formula is C28H25BN2. The zero-order chi connectivity index (χ0) is 21.2. The van der Waals surface area contributed by atoms with E-state index in [0.717, 1.165) is 5.71 Å². The fourth-order valence-electron chi connectivity index (χ4n) is 4.72. The van der Waals surface area contributed by atoms with Gasteiger partial charge in [0.05, 0.1) is 11.4 Å². The summed E-state index contributed by atoms with van der Waals surface area (Å²) in [4.78, 5) is 2.26. The average molecular weight is 400 g/mol. The Labute approximate surface area is 185 Å². The van der Waals surface area contributed by atoms with Crippen LogP contribution in [0.2, 0.25) is 0 Å². The summed E-state index contributed by atoms with van der Waals surface area (Å²) in [5.41, 5.74) is 8.52. The lowest BCUT2D eigenvalue weighted by Crippen LogP contribution is -2.48. The van der Waals surface area contributed by atoms with E-state index in [1.807, 2.05) is 0 Å². The monoisotopic (exact) mass is 400 g/mol. The number of rotatable bonds is 4. The Bertz CT molecular complexity index is 1180. The van der Waals surface area contributed by atoms with Gasteiger partial charge in [-0.25, -0.2) is 0 Å². The summed E-state index contributed by atoms with van der Waals surface area (Å²) in [5.74, 6) is 0.130. The molecular weight excluding hydrogens is 375 g/mol. The Morgan fingerprint density at radius 2 is 1.19 bits per heavy atom. The first kappa shape index (κ1) is 19.4. The lowest BCUT2D eigenvalue weighted by Gasteiger charge is -2.28. The van der Waals surface area contributed by atoms with Gasteiger partial charge in [-0.05, 0) is 36.1 Å². The highest BCUT2D eigenvalue weighted by Gasteiger charge is 2.45. The Balaban J connectivity index is 1.77. The van der Waals surface area contributed by atoms with Crippen molar-refractivity contribution in [1.82, 2.24) is 0 Å². The quantitative estimate of drug-likeness (QED) is 0.399. The zero-order valence-electron chi connectivity index (χ0n) is 17.9. The smallest absolute Gasteiger partial charge is 0.303 e. The number of para-hydroxylation sites is 1. The zero-order valence-corrected chi connectivity index (χ0v) is 17.9. The van der Waals surface area contributed by atoms with Crippen LogP contribution in [0.15, 0.2) is 114 Å². The third kappa shape index (κ3) is 3.57. The first-order valence-corrected chi connectivity index (χ1v) is 10.8. The summed E-state index contributed by atoms with van der Waals surface area (Å²) < 4.78 is 0. The van der Waals surface area contributed by atoms with Crippen LogP contribution < -0.4 is 10.4 Å². The van der Waals surface area contributed by atoms with Gasteiger partial charge in [0.15, 0.2) is 0 Å². The van der Waals surface area contributed by atoms with Gasteiger partial charge in [0.1, 0.15) is 0 Å². The molecule has 1 heterocycles. The van der Waals surface area contributed by atoms with Crippen LogP contribution in [0.3, 0.4) is 0 Å². The van der Waals surface area contributed by atoms with Gasteiger partial charge in [-0.15, -0.1) is 0 Å². The number of anilines is 1. The molecule has 3 heteroatoms. The van der Waals surface area contributed by atoms with Crippen LogP contribution in [0.5, 0.6) is 0 Å². The average Bonchev–Trinajstić information content (AvgIpc) is 3.21. The molecule has 31 heavy (non-hydrogen) atoms. The van der Waals surface area contributed by atoms with Crippen LogP contribution in [0, 0.1) is 13.8 Å². The van der Waals surface area contributed by atoms with Crippen molar-refractivity contribution < 1.29 is 0 Å². The van der Waals surface area contributed by atoms with E-state index in [4.69, 9.17) is 5.10 Å². The molecule has 4 aromatic carbocycles. The minimum Gasteiger partial charge on any atom is -0.303 e. The van der Waals surface area contributed by atoms with E-state index in [0.29, 0.717) is 0 Å². The summed E-state index contributed by atoms with van der Waals surface area (Å²) in [6, 6.07) is 38.7. The Kier molecular flexibility index (Phi) is 5.17. The summed E-state index contributed by atoms with van der Waals surface area (Å²) in [5, 5.41) is 5.32. The van der Waals surface area contributed by atoms with Crippen molar-refractivity contribution in [3.8, 4) is 0 Å². The Hall–Kier alpha value is -3.59. The molecule has 0 saturated carbocycles. The SMILES string of the molecule is Cc1cccc(C)c1N1N=C(c2ccccc2)[C@@H](c2ccccc2)B1c1ccccc1. The van der Waals surface area contributed by atoms with Gasteiger partial charge in [-0.1, -0.05) is 115 Å².